The van der Waals surface area contributed by atoms with Crippen LogP contribution in [0.2, 0.25) is 0 Å². The van der Waals surface area contributed by atoms with Crippen LogP contribution in [0.25, 0.3) is 0 Å². The van der Waals surface area contributed by atoms with Crippen molar-refractivity contribution in [1.82, 2.24) is 14.8 Å². The number of ether oxygens (including phenoxy) is 2. The van der Waals surface area contributed by atoms with Gasteiger partial charge in [-0.05, 0) is 51.8 Å². The van der Waals surface area contributed by atoms with Crippen LogP contribution in [-0.2, 0) is 9.53 Å². The number of unbranched alkanes of at least 4 members (excludes halogenated alkanes) is 2. The van der Waals surface area contributed by atoms with E-state index in [0.717, 1.165) is 47.2 Å². The molecule has 1 aliphatic heterocycles. The summed E-state index contributed by atoms with van der Waals surface area (Å²) in [7, 11) is 0. The maximum atomic E-state index is 13.2. The van der Waals surface area contributed by atoms with E-state index >= 15 is 0 Å². The van der Waals surface area contributed by atoms with Crippen LogP contribution < -0.4 is 10.1 Å². The number of esters is 1. The Morgan fingerprint density at radius 3 is 2.73 bits per heavy atom. The van der Waals surface area contributed by atoms with Gasteiger partial charge in [0.1, 0.15) is 11.8 Å². The Kier molecular flexibility index (Phi) is 9.26. The number of carbonyl (C=O) groups excluding carboxylic acids is 1. The lowest BCUT2D eigenvalue weighted by molar-refractivity contribution is -0.143. The van der Waals surface area contributed by atoms with Crippen molar-refractivity contribution in [3.8, 4) is 5.75 Å². The fourth-order valence-corrected chi connectivity index (χ4v) is 4.81. The van der Waals surface area contributed by atoms with E-state index in [1.165, 1.54) is 0 Å². The van der Waals surface area contributed by atoms with Gasteiger partial charge >= 0.3 is 5.97 Å². The molecule has 9 heteroatoms. The number of fused-ring (bicyclic) bond motifs is 1. The number of halogens is 1. The zero-order valence-corrected chi connectivity index (χ0v) is 22.4. The highest BCUT2D eigenvalue weighted by Crippen LogP contribution is 2.41. The number of benzene rings is 1. The molecule has 2 heterocycles. The summed E-state index contributed by atoms with van der Waals surface area (Å²) in [5.41, 5.74) is 2.05. The Balaban J connectivity index is 2.10. The molecular formula is C24H33BrN4O3S. The molecule has 0 spiro atoms. The SMILES string of the molecule is CCCCOc1ccc(Br)cc1C1C(C(=O)OC(C)C)=C(C)Nc2nc(SCCCC)nn21. The maximum absolute atomic E-state index is 13.2. The number of anilines is 1. The number of thioether (sulfide) groups is 1. The molecule has 0 fully saturated rings. The summed E-state index contributed by atoms with van der Waals surface area (Å²) in [4.78, 5) is 17.9. The molecule has 3 rings (SSSR count). The molecule has 1 N–H and O–H groups in total. The van der Waals surface area contributed by atoms with Gasteiger partial charge in [0.15, 0.2) is 0 Å². The van der Waals surface area contributed by atoms with Crippen molar-refractivity contribution in [3.63, 3.8) is 0 Å². The summed E-state index contributed by atoms with van der Waals surface area (Å²) in [5.74, 6) is 1.90. The molecule has 1 unspecified atom stereocenters. The summed E-state index contributed by atoms with van der Waals surface area (Å²) in [6, 6.07) is 5.35. The lowest BCUT2D eigenvalue weighted by atomic mass is 9.95. The highest BCUT2D eigenvalue weighted by molar-refractivity contribution is 9.10. The van der Waals surface area contributed by atoms with Crippen LogP contribution in [0.4, 0.5) is 5.95 Å². The third-order valence-corrected chi connectivity index (χ3v) is 6.56. The summed E-state index contributed by atoms with van der Waals surface area (Å²) in [6.07, 6.45) is 3.96. The molecule has 0 bridgehead atoms. The fraction of sp³-hybridized carbons (Fsp3) is 0.542. The van der Waals surface area contributed by atoms with Gasteiger partial charge in [-0.15, -0.1) is 5.10 Å². The Bertz CT molecular complexity index is 1010. The van der Waals surface area contributed by atoms with Crippen molar-refractivity contribution in [2.45, 2.75) is 77.6 Å². The number of rotatable bonds is 11. The molecule has 33 heavy (non-hydrogen) atoms. The number of nitrogens with one attached hydrogen (secondary N) is 1. The molecule has 0 saturated carbocycles. The monoisotopic (exact) mass is 536 g/mol. The highest BCUT2D eigenvalue weighted by Gasteiger charge is 2.37. The zero-order valence-electron chi connectivity index (χ0n) is 20.0. The molecule has 0 amide bonds. The van der Waals surface area contributed by atoms with Crippen molar-refractivity contribution >= 4 is 39.6 Å². The van der Waals surface area contributed by atoms with E-state index in [9.17, 15) is 4.79 Å². The number of nitrogens with zero attached hydrogens (tertiary/aromatic N) is 3. The molecule has 1 atom stereocenters. The van der Waals surface area contributed by atoms with Gasteiger partial charge in [-0.1, -0.05) is 54.4 Å². The van der Waals surface area contributed by atoms with Gasteiger partial charge in [0.2, 0.25) is 11.1 Å². The van der Waals surface area contributed by atoms with Crippen molar-refractivity contribution in [1.29, 1.82) is 0 Å². The van der Waals surface area contributed by atoms with Gasteiger partial charge in [0.25, 0.3) is 0 Å². The zero-order chi connectivity index (χ0) is 24.0. The summed E-state index contributed by atoms with van der Waals surface area (Å²) in [5, 5.41) is 8.74. The Morgan fingerprint density at radius 2 is 2.03 bits per heavy atom. The fourth-order valence-electron chi connectivity index (χ4n) is 3.52. The molecular weight excluding hydrogens is 504 g/mol. The van der Waals surface area contributed by atoms with E-state index in [1.54, 1.807) is 16.4 Å². The molecule has 7 nitrogen and oxygen atoms in total. The minimum atomic E-state index is -0.519. The maximum Gasteiger partial charge on any atom is 0.338 e. The van der Waals surface area contributed by atoms with Crippen molar-refractivity contribution < 1.29 is 14.3 Å². The summed E-state index contributed by atoms with van der Waals surface area (Å²) >= 11 is 5.21. The summed E-state index contributed by atoms with van der Waals surface area (Å²) < 4.78 is 14.5. The van der Waals surface area contributed by atoms with E-state index in [1.807, 2.05) is 39.0 Å². The molecule has 2 aromatic rings. The smallest absolute Gasteiger partial charge is 0.338 e. The lowest BCUT2D eigenvalue weighted by Gasteiger charge is -2.29. The van der Waals surface area contributed by atoms with Crippen molar-refractivity contribution in [3.05, 3.63) is 39.5 Å². The largest absolute Gasteiger partial charge is 0.493 e. The first-order valence-corrected chi connectivity index (χ1v) is 13.3. The molecule has 180 valence electrons. The average molecular weight is 538 g/mol. The van der Waals surface area contributed by atoms with Crippen LogP contribution in [0.1, 0.15) is 71.9 Å². The van der Waals surface area contributed by atoms with Crippen molar-refractivity contribution in [2.24, 2.45) is 0 Å². The van der Waals surface area contributed by atoms with Crippen LogP contribution in [0, 0.1) is 0 Å². The second-order valence-electron chi connectivity index (χ2n) is 8.27. The van der Waals surface area contributed by atoms with Crippen LogP contribution in [0.5, 0.6) is 5.75 Å². The van der Waals surface area contributed by atoms with Gasteiger partial charge in [-0.3, -0.25) is 0 Å². The number of aromatic nitrogens is 3. The Morgan fingerprint density at radius 1 is 1.27 bits per heavy atom. The predicted molar refractivity (Wildman–Crippen MR) is 136 cm³/mol. The van der Waals surface area contributed by atoms with Crippen LogP contribution >= 0.6 is 27.7 Å². The second-order valence-corrected chi connectivity index (χ2v) is 10.2. The molecule has 0 radical (unpaired) electrons. The van der Waals surface area contributed by atoms with Crippen molar-refractivity contribution in [2.75, 3.05) is 17.7 Å². The third-order valence-electron chi connectivity index (χ3n) is 5.15. The van der Waals surface area contributed by atoms with Gasteiger partial charge in [0.05, 0.1) is 18.3 Å². The van der Waals surface area contributed by atoms with Gasteiger partial charge < -0.3 is 14.8 Å². The van der Waals surface area contributed by atoms with E-state index in [4.69, 9.17) is 19.6 Å². The first-order chi connectivity index (χ1) is 15.8. The quantitative estimate of drug-likeness (QED) is 0.203. The molecule has 1 aromatic heterocycles. The number of allylic oxidation sites excluding steroid dienone is 1. The van der Waals surface area contributed by atoms with E-state index in [-0.39, 0.29) is 12.1 Å². The molecule has 1 aromatic carbocycles. The first-order valence-electron chi connectivity index (χ1n) is 11.6. The third kappa shape index (κ3) is 6.32. The second kappa shape index (κ2) is 11.9. The van der Waals surface area contributed by atoms with Crippen LogP contribution in [0.3, 0.4) is 0 Å². The van der Waals surface area contributed by atoms with Crippen LogP contribution in [0.15, 0.2) is 39.1 Å². The number of hydrogen-bond donors (Lipinski definition) is 1. The summed E-state index contributed by atoms with van der Waals surface area (Å²) in [6.45, 7) is 10.5. The molecule has 0 saturated heterocycles. The average Bonchev–Trinajstić information content (AvgIpc) is 3.15. The minimum Gasteiger partial charge on any atom is -0.493 e. The van der Waals surface area contributed by atoms with E-state index in [0.29, 0.717) is 29.0 Å². The lowest BCUT2D eigenvalue weighted by Crippen LogP contribution is -2.31. The van der Waals surface area contributed by atoms with Gasteiger partial charge in [0, 0.05) is 21.5 Å². The highest BCUT2D eigenvalue weighted by atomic mass is 79.9. The van der Waals surface area contributed by atoms with Gasteiger partial charge in [-0.25, -0.2) is 9.48 Å². The standard InChI is InChI=1S/C24H33BrN4O3S/c1-6-8-12-31-19-11-10-17(25)14-18(19)21-20(22(30)32-15(3)4)16(5)26-23-27-24(28-29(21)23)33-13-9-7-2/h10-11,14-15,21H,6-9,12-13H2,1-5H3,(H,26,27,28). The predicted octanol–water partition coefficient (Wildman–Crippen LogP) is 6.35. The minimum absolute atomic E-state index is 0.237. The first kappa shape index (κ1) is 25.6. The Labute approximate surface area is 208 Å². The van der Waals surface area contributed by atoms with E-state index < -0.39 is 6.04 Å². The van der Waals surface area contributed by atoms with E-state index in [2.05, 4.69) is 35.1 Å². The Hall–Kier alpha value is -2.00. The number of carbonyl (C=O) groups is 1. The van der Waals surface area contributed by atoms with Gasteiger partial charge in [-0.2, -0.15) is 4.98 Å². The molecule has 0 aliphatic carbocycles. The molecule has 1 aliphatic rings. The number of hydrogen-bond acceptors (Lipinski definition) is 7. The normalized spacial score (nSPS) is 15.4. The van der Waals surface area contributed by atoms with Crippen LogP contribution in [-0.4, -0.2) is 39.2 Å². The topological polar surface area (TPSA) is 78.3 Å².